The zero-order valence-corrected chi connectivity index (χ0v) is 53.6. The lowest BCUT2D eigenvalue weighted by atomic mass is 10.0. The van der Waals surface area contributed by atoms with Crippen molar-refractivity contribution < 1.29 is 0 Å². The second-order valence-electron chi connectivity index (χ2n) is 24.4. The van der Waals surface area contributed by atoms with E-state index in [1.54, 1.807) is 0 Å². The number of aromatic nitrogens is 4. The molecule has 17 rings (SSSR count). The van der Waals surface area contributed by atoms with Gasteiger partial charge in [-0.05, 0) is 105 Å². The van der Waals surface area contributed by atoms with Crippen molar-refractivity contribution in [1.82, 2.24) is 19.1 Å². The fourth-order valence-electron chi connectivity index (χ4n) is 15.0. The van der Waals surface area contributed by atoms with Crippen LogP contribution in [0.25, 0.3) is 100 Å². The molecule has 0 aliphatic heterocycles. The Morgan fingerprint density at radius 1 is 0.181 bits per heavy atom. The average molecular weight is 1230 g/mol. The van der Waals surface area contributed by atoms with Crippen LogP contribution in [0.2, 0.25) is 0 Å². The number of hydrogen-bond donors (Lipinski definition) is 0. The van der Waals surface area contributed by atoms with E-state index in [0.29, 0.717) is 5.82 Å². The maximum absolute atomic E-state index is 6.06. The lowest BCUT2D eigenvalue weighted by Crippen LogP contribution is -2.78. The van der Waals surface area contributed by atoms with Crippen molar-refractivity contribution in [2.45, 2.75) is 0 Å². The Hall–Kier alpha value is -11.8. The van der Waals surface area contributed by atoms with Gasteiger partial charge in [-0.1, -0.05) is 340 Å². The summed E-state index contributed by atoms with van der Waals surface area (Å²) >= 11 is 0. The minimum atomic E-state index is -3.46. The van der Waals surface area contributed by atoms with E-state index < -0.39 is 16.1 Å². The Bertz CT molecular complexity index is 5280. The minimum Gasteiger partial charge on any atom is -0.294 e. The monoisotopic (exact) mass is 1230 g/mol. The van der Waals surface area contributed by atoms with Gasteiger partial charge in [0, 0.05) is 33.2 Å². The highest BCUT2D eigenvalue weighted by Crippen LogP contribution is 2.38. The van der Waals surface area contributed by atoms with Gasteiger partial charge in [-0.25, -0.2) is 9.97 Å². The van der Waals surface area contributed by atoms with Crippen LogP contribution in [0.3, 0.4) is 0 Å². The van der Waals surface area contributed by atoms with Crippen LogP contribution in [0.1, 0.15) is 0 Å². The molecule has 0 saturated heterocycles. The first-order valence-corrected chi connectivity index (χ1v) is 36.3. The summed E-state index contributed by atoms with van der Waals surface area (Å²) in [6, 6.07) is 140. The Morgan fingerprint density at radius 3 is 0.851 bits per heavy atom. The van der Waals surface area contributed by atoms with E-state index in [0.717, 1.165) is 66.4 Å². The molecule has 14 aromatic carbocycles. The molecular weight excluding hydrogens is 1170 g/mol. The van der Waals surface area contributed by atoms with E-state index in [-0.39, 0.29) is 0 Å². The van der Waals surface area contributed by atoms with Crippen LogP contribution in [0.5, 0.6) is 0 Å². The number of benzene rings is 14. The number of nitrogens with zero attached hydrogens (tertiary/aromatic N) is 4. The molecule has 0 spiro atoms. The predicted octanol–water partition coefficient (Wildman–Crippen LogP) is 16.1. The van der Waals surface area contributed by atoms with E-state index in [1.807, 2.05) is 0 Å². The Morgan fingerprint density at radius 2 is 0.468 bits per heavy atom. The van der Waals surface area contributed by atoms with Gasteiger partial charge in [0.15, 0.2) is 22.0 Å². The first-order chi connectivity index (χ1) is 46.6. The molecule has 0 unspecified atom stereocenters. The van der Waals surface area contributed by atoms with Gasteiger partial charge >= 0.3 is 0 Å². The molecular formula is C88H62N4Si2. The number of fused-ring (bicyclic) bond motifs is 6. The third-order valence-electron chi connectivity index (χ3n) is 19.2. The molecule has 4 nitrogen and oxygen atoms in total. The zero-order chi connectivity index (χ0) is 62.4. The van der Waals surface area contributed by atoms with Crippen LogP contribution in [-0.4, -0.2) is 35.2 Å². The van der Waals surface area contributed by atoms with Gasteiger partial charge in [-0.15, -0.1) is 0 Å². The lowest BCUT2D eigenvalue weighted by Gasteiger charge is -2.38. The van der Waals surface area contributed by atoms with Crippen LogP contribution in [0.4, 0.5) is 0 Å². The van der Waals surface area contributed by atoms with Crippen molar-refractivity contribution in [2.75, 3.05) is 0 Å². The van der Waals surface area contributed by atoms with Gasteiger partial charge in [-0.3, -0.25) is 9.13 Å². The second-order valence-corrected chi connectivity index (χ2v) is 32.0. The third kappa shape index (κ3) is 9.49. The van der Waals surface area contributed by atoms with Crippen LogP contribution in [0.15, 0.2) is 376 Å². The highest BCUT2D eigenvalue weighted by atomic mass is 28.3. The molecule has 3 aromatic heterocycles. The summed E-state index contributed by atoms with van der Waals surface area (Å²) in [5, 5.41) is 14.7. The molecule has 3 heterocycles. The van der Waals surface area contributed by atoms with Crippen molar-refractivity contribution >= 4 is 101 Å². The van der Waals surface area contributed by atoms with Crippen molar-refractivity contribution in [3.63, 3.8) is 0 Å². The van der Waals surface area contributed by atoms with Crippen molar-refractivity contribution in [2.24, 2.45) is 0 Å². The topological polar surface area (TPSA) is 35.6 Å². The van der Waals surface area contributed by atoms with Gasteiger partial charge in [0.1, 0.15) is 11.6 Å². The van der Waals surface area contributed by atoms with Crippen molar-refractivity contribution in [3.05, 3.63) is 376 Å². The standard InChI is InChI=1S/C88H62N4Si2/c1-8-30-63(31-9-1)66-36-28-46-74(56-66)93(70-38-14-4-15-39-70,71-40-16-5-17-41-71)76-58-69(59-77(61-76)94(72-42-18-6-19-43-72,73-44-20-7-21-45-73)75-47-29-37-67(57-75)64-32-10-2-11-33-64)88-89-86(91-82-51-25-22-48-78(82)79-49-23-26-52-83(79)91)62-87(90-88)92-84-53-27-24-50-80(84)81-60-68(54-55-85(81)92)65-34-12-3-13-35-65/h1-62H. The Labute approximate surface area is 549 Å². The summed E-state index contributed by atoms with van der Waals surface area (Å²) < 4.78 is 4.73. The summed E-state index contributed by atoms with van der Waals surface area (Å²) in [6.07, 6.45) is 0. The molecule has 0 saturated carbocycles. The minimum absolute atomic E-state index is 0.619. The molecule has 0 amide bonds. The molecule has 6 heteroatoms. The van der Waals surface area contributed by atoms with Crippen LogP contribution in [-0.2, 0) is 0 Å². The molecule has 0 aliphatic carbocycles. The Kier molecular flexibility index (Phi) is 14.2. The quantitative estimate of drug-likeness (QED) is 0.0803. The summed E-state index contributed by atoms with van der Waals surface area (Å²) in [5.41, 5.74) is 12.2. The van der Waals surface area contributed by atoms with Gasteiger partial charge < -0.3 is 0 Å². The maximum atomic E-state index is 6.06. The van der Waals surface area contributed by atoms with E-state index >= 15 is 0 Å². The van der Waals surface area contributed by atoms with E-state index in [4.69, 9.17) is 9.97 Å². The highest BCUT2D eigenvalue weighted by Gasteiger charge is 2.46. The van der Waals surface area contributed by atoms with Crippen LogP contribution < -0.4 is 41.5 Å². The van der Waals surface area contributed by atoms with Gasteiger partial charge in [0.25, 0.3) is 0 Å². The SMILES string of the molecule is c1ccc(-c2cccc([Si](c3ccccc3)(c3ccccc3)c3cc(-c4nc(-n5c6ccccc6c6ccccc65)cc(-n5c6ccccc6c6cc(-c7ccccc7)ccc65)n4)cc([Si](c4ccccc4)(c4ccccc4)c4cccc(-c5ccccc5)c4)c3)c2)cc1. The summed E-state index contributed by atoms with van der Waals surface area (Å²) in [5.74, 6) is 2.16. The first kappa shape index (κ1) is 56.2. The normalized spacial score (nSPS) is 11.8. The average Bonchev–Trinajstić information content (AvgIpc) is 0.930. The third-order valence-corrected chi connectivity index (χ3v) is 28.7. The lowest BCUT2D eigenvalue weighted by molar-refractivity contribution is 0.994. The molecule has 0 radical (unpaired) electrons. The summed E-state index contributed by atoms with van der Waals surface area (Å²) in [6.45, 7) is 0. The fraction of sp³-hybridized carbons (Fsp3) is 0. The molecule has 0 fully saturated rings. The maximum Gasteiger partial charge on any atom is 0.179 e. The molecule has 442 valence electrons. The van der Waals surface area contributed by atoms with Crippen molar-refractivity contribution in [1.29, 1.82) is 0 Å². The van der Waals surface area contributed by atoms with Crippen molar-refractivity contribution in [3.8, 4) is 56.4 Å². The van der Waals surface area contributed by atoms with E-state index in [9.17, 15) is 0 Å². The number of hydrogen-bond acceptors (Lipinski definition) is 2. The molecule has 0 atom stereocenters. The molecule has 17 aromatic rings. The molecule has 0 bridgehead atoms. The molecule has 94 heavy (non-hydrogen) atoms. The fourth-order valence-corrected chi connectivity index (χ4v) is 24.9. The van der Waals surface area contributed by atoms with E-state index in [1.165, 1.54) is 69.3 Å². The second kappa shape index (κ2) is 23.8. The molecule has 0 N–H and O–H groups in total. The van der Waals surface area contributed by atoms with Gasteiger partial charge in [0.05, 0.1) is 22.1 Å². The van der Waals surface area contributed by atoms with E-state index in [2.05, 4.69) is 385 Å². The number of para-hydroxylation sites is 3. The summed E-state index contributed by atoms with van der Waals surface area (Å²) in [4.78, 5) is 12.1. The summed E-state index contributed by atoms with van der Waals surface area (Å²) in [7, 11) is -6.92. The predicted molar refractivity (Wildman–Crippen MR) is 400 cm³/mol. The first-order valence-electron chi connectivity index (χ1n) is 32.3. The van der Waals surface area contributed by atoms with Crippen LogP contribution in [0, 0.1) is 0 Å². The number of rotatable bonds is 14. The smallest absolute Gasteiger partial charge is 0.179 e. The largest absolute Gasteiger partial charge is 0.294 e. The molecule has 0 aliphatic rings. The van der Waals surface area contributed by atoms with Gasteiger partial charge in [0.2, 0.25) is 0 Å². The highest BCUT2D eigenvalue weighted by molar-refractivity contribution is 7.22. The van der Waals surface area contributed by atoms with Crippen LogP contribution >= 0.6 is 0 Å². The Balaban J connectivity index is 1.05. The van der Waals surface area contributed by atoms with Gasteiger partial charge in [-0.2, -0.15) is 0 Å². The zero-order valence-electron chi connectivity index (χ0n) is 51.6.